The molecule has 0 saturated carbocycles. The van der Waals surface area contributed by atoms with E-state index in [1.54, 1.807) is 6.08 Å². The van der Waals surface area contributed by atoms with Gasteiger partial charge in [-0.2, -0.15) is 0 Å². The summed E-state index contributed by atoms with van der Waals surface area (Å²) < 4.78 is 13.0. The third-order valence-electron chi connectivity index (χ3n) is 3.71. The predicted octanol–water partition coefficient (Wildman–Crippen LogP) is 5.01. The Labute approximate surface area is 176 Å². The predicted molar refractivity (Wildman–Crippen MR) is 117 cm³/mol. The molecular formula is C20H18BrNO3S2. The molecule has 2 aromatic carbocycles. The van der Waals surface area contributed by atoms with Crippen molar-refractivity contribution >= 4 is 56.2 Å². The number of benzene rings is 2. The number of nitrogens with one attached hydrogen (secondary N) is 1. The molecule has 0 aromatic heterocycles. The zero-order chi connectivity index (χ0) is 19.4. The smallest absolute Gasteiger partial charge is 0.263 e. The highest BCUT2D eigenvalue weighted by Gasteiger charge is 2.22. The van der Waals surface area contributed by atoms with Crippen LogP contribution in [-0.4, -0.2) is 23.4 Å². The Hall–Kier alpha value is -1.83. The molecule has 0 radical (unpaired) electrons. The molecular weight excluding hydrogens is 446 g/mol. The van der Waals surface area contributed by atoms with E-state index in [-0.39, 0.29) is 5.91 Å². The van der Waals surface area contributed by atoms with Gasteiger partial charge >= 0.3 is 0 Å². The van der Waals surface area contributed by atoms with Gasteiger partial charge in [0, 0.05) is 10.0 Å². The molecule has 0 bridgehead atoms. The molecule has 1 saturated heterocycles. The second kappa shape index (κ2) is 8.91. The van der Waals surface area contributed by atoms with Gasteiger partial charge < -0.3 is 14.8 Å². The number of ether oxygens (including phenoxy) is 2. The van der Waals surface area contributed by atoms with Crippen molar-refractivity contribution in [1.29, 1.82) is 0 Å². The Kier molecular flexibility index (Phi) is 6.57. The van der Waals surface area contributed by atoms with Crippen LogP contribution in [0.1, 0.15) is 16.7 Å². The third-order valence-corrected chi connectivity index (χ3v) is 5.36. The van der Waals surface area contributed by atoms with E-state index in [9.17, 15) is 4.79 Å². The fourth-order valence-electron chi connectivity index (χ4n) is 2.65. The largest absolute Gasteiger partial charge is 0.490 e. The van der Waals surface area contributed by atoms with Crippen LogP contribution in [0.15, 0.2) is 45.8 Å². The van der Waals surface area contributed by atoms with Crippen molar-refractivity contribution in [1.82, 2.24) is 5.32 Å². The lowest BCUT2D eigenvalue weighted by atomic mass is 10.1. The van der Waals surface area contributed by atoms with Crippen molar-refractivity contribution < 1.29 is 14.3 Å². The molecule has 0 atom stereocenters. The van der Waals surface area contributed by atoms with Crippen molar-refractivity contribution in [2.75, 3.05) is 13.2 Å². The molecule has 2 aromatic rings. The van der Waals surface area contributed by atoms with Crippen LogP contribution in [0.4, 0.5) is 0 Å². The van der Waals surface area contributed by atoms with E-state index in [1.165, 1.54) is 11.8 Å². The zero-order valence-electron chi connectivity index (χ0n) is 14.9. The summed E-state index contributed by atoms with van der Waals surface area (Å²) in [7, 11) is 0. The fourth-order valence-corrected chi connectivity index (χ4v) is 4.07. The lowest BCUT2D eigenvalue weighted by molar-refractivity contribution is -0.115. The van der Waals surface area contributed by atoms with Crippen LogP contribution in [0.3, 0.4) is 0 Å². The molecule has 140 valence electrons. The second-order valence-electron chi connectivity index (χ2n) is 6.05. The summed E-state index contributed by atoms with van der Waals surface area (Å²) in [6, 6.07) is 11.8. The van der Waals surface area contributed by atoms with Gasteiger partial charge in [-0.3, -0.25) is 4.79 Å². The average molecular weight is 464 g/mol. The number of thiocarbonyl (C=S) groups is 1. The first-order valence-corrected chi connectivity index (χ1v) is 10.3. The first kappa shape index (κ1) is 19.9. The van der Waals surface area contributed by atoms with Crippen molar-refractivity contribution in [2.45, 2.75) is 13.8 Å². The molecule has 1 aliphatic heterocycles. The van der Waals surface area contributed by atoms with Crippen LogP contribution >= 0.6 is 39.9 Å². The van der Waals surface area contributed by atoms with Gasteiger partial charge in [-0.05, 0) is 61.4 Å². The van der Waals surface area contributed by atoms with Gasteiger partial charge in [0.1, 0.15) is 29.0 Å². The van der Waals surface area contributed by atoms with Crippen LogP contribution in [0.25, 0.3) is 6.08 Å². The summed E-state index contributed by atoms with van der Waals surface area (Å²) in [5, 5.41) is 2.62. The van der Waals surface area contributed by atoms with Crippen LogP contribution in [-0.2, 0) is 4.79 Å². The molecule has 0 spiro atoms. The van der Waals surface area contributed by atoms with Crippen molar-refractivity contribution in [2.24, 2.45) is 0 Å². The first-order valence-electron chi connectivity index (χ1n) is 8.29. The molecule has 0 unspecified atom stereocenters. The third kappa shape index (κ3) is 5.57. The quantitative estimate of drug-likeness (QED) is 0.370. The van der Waals surface area contributed by atoms with E-state index in [1.807, 2.05) is 44.2 Å². The fraction of sp³-hybridized carbons (Fsp3) is 0.200. The average Bonchev–Trinajstić information content (AvgIpc) is 2.89. The Balaban J connectivity index is 1.66. The number of halogens is 1. The van der Waals surface area contributed by atoms with Crippen molar-refractivity contribution in [3.8, 4) is 11.5 Å². The molecule has 3 rings (SSSR count). The summed E-state index contributed by atoms with van der Waals surface area (Å²) in [6.07, 6.45) is 1.78. The van der Waals surface area contributed by atoms with E-state index in [4.69, 9.17) is 21.7 Å². The van der Waals surface area contributed by atoms with Gasteiger partial charge in [0.25, 0.3) is 5.91 Å². The number of carbonyl (C=O) groups excluding carboxylic acids is 1. The summed E-state index contributed by atoms with van der Waals surface area (Å²) in [4.78, 5) is 12.4. The number of hydrogen-bond donors (Lipinski definition) is 1. The van der Waals surface area contributed by atoms with E-state index in [2.05, 4.69) is 27.3 Å². The lowest BCUT2D eigenvalue weighted by Gasteiger charge is -2.12. The van der Waals surface area contributed by atoms with Crippen molar-refractivity contribution in [3.05, 3.63) is 62.5 Å². The molecule has 1 amide bonds. The summed E-state index contributed by atoms with van der Waals surface area (Å²) in [5.41, 5.74) is 3.13. The van der Waals surface area contributed by atoms with Crippen LogP contribution in [0, 0.1) is 13.8 Å². The minimum absolute atomic E-state index is 0.186. The molecule has 0 aliphatic carbocycles. The van der Waals surface area contributed by atoms with E-state index < -0.39 is 0 Å². The highest BCUT2D eigenvalue weighted by molar-refractivity contribution is 9.10. The van der Waals surface area contributed by atoms with Crippen LogP contribution in [0.2, 0.25) is 0 Å². The van der Waals surface area contributed by atoms with Gasteiger partial charge in [-0.25, -0.2) is 0 Å². The van der Waals surface area contributed by atoms with Gasteiger partial charge in [-0.15, -0.1) is 0 Å². The minimum atomic E-state index is -0.186. The Morgan fingerprint density at radius 3 is 2.48 bits per heavy atom. The molecule has 7 heteroatoms. The molecule has 4 nitrogen and oxygen atoms in total. The van der Waals surface area contributed by atoms with Gasteiger partial charge in [0.05, 0.1) is 4.91 Å². The van der Waals surface area contributed by atoms with E-state index in [0.717, 1.165) is 26.9 Å². The normalized spacial score (nSPS) is 15.1. The number of aryl methyl sites for hydroxylation is 2. The zero-order valence-corrected chi connectivity index (χ0v) is 18.1. The highest BCUT2D eigenvalue weighted by atomic mass is 79.9. The SMILES string of the molecule is Cc1cc(C)cc(OCCOc2ccc(Br)cc2/C=C2\SC(=S)NC2=O)c1. The summed E-state index contributed by atoms with van der Waals surface area (Å²) in [5.74, 6) is 1.33. The standard InChI is InChI=1S/C20H18BrNO3S2/c1-12-7-13(2)9-16(8-12)24-5-6-25-17-4-3-15(21)10-14(17)11-18-19(23)22-20(26)27-18/h3-4,7-11H,5-6H2,1-2H3,(H,22,23,26)/b18-11-. The molecule has 1 N–H and O–H groups in total. The summed E-state index contributed by atoms with van der Waals surface area (Å²) in [6.45, 7) is 4.90. The van der Waals surface area contributed by atoms with E-state index in [0.29, 0.717) is 28.2 Å². The van der Waals surface area contributed by atoms with Crippen LogP contribution < -0.4 is 14.8 Å². The van der Waals surface area contributed by atoms with Gasteiger partial charge in [0.2, 0.25) is 0 Å². The highest BCUT2D eigenvalue weighted by Crippen LogP contribution is 2.31. The maximum atomic E-state index is 11.9. The molecule has 27 heavy (non-hydrogen) atoms. The number of rotatable bonds is 6. The topological polar surface area (TPSA) is 47.6 Å². The first-order chi connectivity index (χ1) is 12.9. The Morgan fingerprint density at radius 2 is 1.81 bits per heavy atom. The Morgan fingerprint density at radius 1 is 1.11 bits per heavy atom. The number of amides is 1. The van der Waals surface area contributed by atoms with Crippen LogP contribution in [0.5, 0.6) is 11.5 Å². The lowest BCUT2D eigenvalue weighted by Crippen LogP contribution is -2.17. The maximum absolute atomic E-state index is 11.9. The number of hydrogen-bond acceptors (Lipinski definition) is 5. The number of thioether (sulfide) groups is 1. The van der Waals surface area contributed by atoms with Crippen molar-refractivity contribution in [3.63, 3.8) is 0 Å². The number of carbonyl (C=O) groups is 1. The van der Waals surface area contributed by atoms with Gasteiger partial charge in [-0.1, -0.05) is 46.0 Å². The monoisotopic (exact) mass is 463 g/mol. The maximum Gasteiger partial charge on any atom is 0.263 e. The molecule has 1 aliphatic rings. The molecule has 1 heterocycles. The Bertz CT molecular complexity index is 907. The van der Waals surface area contributed by atoms with E-state index >= 15 is 0 Å². The summed E-state index contributed by atoms with van der Waals surface area (Å²) >= 11 is 9.74. The second-order valence-corrected chi connectivity index (χ2v) is 8.69. The minimum Gasteiger partial charge on any atom is -0.490 e. The van der Waals surface area contributed by atoms with Gasteiger partial charge in [0.15, 0.2) is 0 Å². The molecule has 1 fully saturated rings.